The van der Waals surface area contributed by atoms with Gasteiger partial charge in [0, 0.05) is 12.6 Å². The lowest BCUT2D eigenvalue weighted by atomic mass is 10.1. The topological polar surface area (TPSA) is 51.8 Å². The molecule has 0 amide bonds. The number of nitrogens with two attached hydrogens (primary N) is 1. The zero-order valence-electron chi connectivity index (χ0n) is 9.35. The Morgan fingerprint density at radius 2 is 1.75 bits per heavy atom. The van der Waals surface area contributed by atoms with Gasteiger partial charge >= 0.3 is 0 Å². The minimum absolute atomic E-state index is 0.523. The lowest BCUT2D eigenvalue weighted by Crippen LogP contribution is -1.99. The molecule has 1 aromatic heterocycles. The van der Waals surface area contributed by atoms with Crippen LogP contribution < -0.4 is 5.73 Å². The van der Waals surface area contributed by atoms with Crippen LogP contribution >= 0.6 is 0 Å². The van der Waals surface area contributed by atoms with Crippen molar-refractivity contribution in [1.82, 2.24) is 9.97 Å². The third kappa shape index (κ3) is 2.57. The zero-order valence-corrected chi connectivity index (χ0v) is 9.35. The van der Waals surface area contributed by atoms with Gasteiger partial charge in [0.25, 0.3) is 0 Å². The Kier molecular flexibility index (Phi) is 3.15. The maximum absolute atomic E-state index is 5.61. The van der Waals surface area contributed by atoms with E-state index >= 15 is 0 Å². The molecule has 1 heterocycles. The highest BCUT2D eigenvalue weighted by atomic mass is 14.9. The van der Waals surface area contributed by atoms with E-state index in [0.717, 1.165) is 18.7 Å². The van der Waals surface area contributed by atoms with Crippen molar-refractivity contribution < 1.29 is 0 Å². The Labute approximate surface area is 95.4 Å². The zero-order chi connectivity index (χ0) is 11.4. The molecule has 0 radical (unpaired) electrons. The Morgan fingerprint density at radius 3 is 2.38 bits per heavy atom. The second-order valence-electron chi connectivity index (χ2n) is 3.74. The normalized spacial score (nSPS) is 10.3. The largest absolute Gasteiger partial charge is 0.384 e. The summed E-state index contributed by atoms with van der Waals surface area (Å²) in [6.45, 7) is 2.15. The van der Waals surface area contributed by atoms with E-state index in [9.17, 15) is 0 Å². The number of nitrogen functional groups attached to an aromatic ring is 1. The van der Waals surface area contributed by atoms with Crippen LogP contribution in [0.3, 0.4) is 0 Å². The number of anilines is 1. The summed E-state index contributed by atoms with van der Waals surface area (Å²) < 4.78 is 0. The average molecular weight is 213 g/mol. The molecule has 0 saturated heterocycles. The molecule has 0 atom stereocenters. The van der Waals surface area contributed by atoms with Gasteiger partial charge in [0.15, 0.2) is 0 Å². The second kappa shape index (κ2) is 4.75. The number of rotatable bonds is 3. The van der Waals surface area contributed by atoms with Crippen molar-refractivity contribution in [2.24, 2.45) is 0 Å². The monoisotopic (exact) mass is 213 g/mol. The van der Waals surface area contributed by atoms with Crippen LogP contribution in [0.5, 0.6) is 0 Å². The quantitative estimate of drug-likeness (QED) is 0.850. The van der Waals surface area contributed by atoms with Gasteiger partial charge in [-0.15, -0.1) is 0 Å². The number of aryl methyl sites for hydroxylation is 1. The highest BCUT2D eigenvalue weighted by molar-refractivity contribution is 5.28. The molecular weight excluding hydrogens is 198 g/mol. The third-order valence-electron chi connectivity index (χ3n) is 2.52. The van der Waals surface area contributed by atoms with E-state index in [0.29, 0.717) is 5.82 Å². The van der Waals surface area contributed by atoms with Gasteiger partial charge in [-0.1, -0.05) is 31.2 Å². The summed E-state index contributed by atoms with van der Waals surface area (Å²) in [5.74, 6) is 1.29. The van der Waals surface area contributed by atoms with E-state index in [1.165, 1.54) is 11.1 Å². The number of hydrogen-bond acceptors (Lipinski definition) is 3. The minimum Gasteiger partial charge on any atom is -0.384 e. The lowest BCUT2D eigenvalue weighted by Gasteiger charge is -2.02. The van der Waals surface area contributed by atoms with Crippen molar-refractivity contribution in [2.75, 3.05) is 5.73 Å². The Balaban J connectivity index is 2.14. The van der Waals surface area contributed by atoms with E-state index in [1.54, 1.807) is 12.3 Å². The Bertz CT molecular complexity index is 463. The molecule has 1 aromatic carbocycles. The summed E-state index contributed by atoms with van der Waals surface area (Å²) in [7, 11) is 0. The number of hydrogen-bond donors (Lipinski definition) is 1. The van der Waals surface area contributed by atoms with Crippen LogP contribution in [-0.4, -0.2) is 9.97 Å². The van der Waals surface area contributed by atoms with Crippen LogP contribution in [0, 0.1) is 0 Å². The molecule has 2 rings (SSSR count). The van der Waals surface area contributed by atoms with Gasteiger partial charge in [-0.25, -0.2) is 9.97 Å². The molecule has 0 aliphatic heterocycles. The first-order valence-electron chi connectivity index (χ1n) is 5.43. The van der Waals surface area contributed by atoms with Gasteiger partial charge in [-0.05, 0) is 23.6 Å². The SMILES string of the molecule is CCc1ccc(Cc2nccc(N)n2)cc1. The van der Waals surface area contributed by atoms with E-state index in [2.05, 4.69) is 41.2 Å². The summed E-state index contributed by atoms with van der Waals surface area (Å²) in [6.07, 6.45) is 3.49. The third-order valence-corrected chi connectivity index (χ3v) is 2.52. The average Bonchev–Trinajstić information content (AvgIpc) is 2.30. The van der Waals surface area contributed by atoms with Gasteiger partial charge in [-0.2, -0.15) is 0 Å². The highest BCUT2D eigenvalue weighted by Crippen LogP contribution is 2.09. The molecule has 3 heteroatoms. The highest BCUT2D eigenvalue weighted by Gasteiger charge is 1.99. The minimum atomic E-state index is 0.523. The fourth-order valence-corrected chi connectivity index (χ4v) is 1.58. The summed E-state index contributed by atoms with van der Waals surface area (Å²) in [5, 5.41) is 0. The van der Waals surface area contributed by atoms with Crippen molar-refractivity contribution in [3.63, 3.8) is 0 Å². The van der Waals surface area contributed by atoms with Crippen LogP contribution in [0.2, 0.25) is 0 Å². The standard InChI is InChI=1S/C13H15N3/c1-2-10-3-5-11(6-4-10)9-13-15-8-7-12(14)16-13/h3-8H,2,9H2,1H3,(H2,14,15,16). The molecular formula is C13H15N3. The van der Waals surface area contributed by atoms with E-state index in [-0.39, 0.29) is 0 Å². The van der Waals surface area contributed by atoms with Crippen molar-refractivity contribution in [3.05, 3.63) is 53.5 Å². The molecule has 2 N–H and O–H groups in total. The van der Waals surface area contributed by atoms with Gasteiger partial charge in [-0.3, -0.25) is 0 Å². The first kappa shape index (κ1) is 10.6. The molecule has 3 nitrogen and oxygen atoms in total. The molecule has 2 aromatic rings. The first-order valence-corrected chi connectivity index (χ1v) is 5.43. The molecule has 0 fully saturated rings. The summed E-state index contributed by atoms with van der Waals surface area (Å²) in [6, 6.07) is 10.2. The summed E-state index contributed by atoms with van der Waals surface area (Å²) in [5.41, 5.74) is 8.16. The molecule has 0 aliphatic carbocycles. The summed E-state index contributed by atoms with van der Waals surface area (Å²) >= 11 is 0. The first-order chi connectivity index (χ1) is 7.78. The lowest BCUT2D eigenvalue weighted by molar-refractivity contribution is 0.972. The smallest absolute Gasteiger partial charge is 0.135 e. The fourth-order valence-electron chi connectivity index (χ4n) is 1.58. The number of benzene rings is 1. The number of aromatic nitrogens is 2. The van der Waals surface area contributed by atoms with Gasteiger partial charge in [0.05, 0.1) is 0 Å². The predicted octanol–water partition coefficient (Wildman–Crippen LogP) is 2.21. The molecule has 0 aliphatic rings. The van der Waals surface area contributed by atoms with Crippen LogP contribution in [0.1, 0.15) is 23.9 Å². The fraction of sp³-hybridized carbons (Fsp3) is 0.231. The van der Waals surface area contributed by atoms with Crippen molar-refractivity contribution in [1.29, 1.82) is 0 Å². The van der Waals surface area contributed by atoms with Crippen LogP contribution in [0.25, 0.3) is 0 Å². The predicted molar refractivity (Wildman–Crippen MR) is 65.1 cm³/mol. The van der Waals surface area contributed by atoms with Crippen molar-refractivity contribution in [3.8, 4) is 0 Å². The van der Waals surface area contributed by atoms with Crippen LogP contribution in [0.15, 0.2) is 36.5 Å². The van der Waals surface area contributed by atoms with Gasteiger partial charge in [0.2, 0.25) is 0 Å². The van der Waals surface area contributed by atoms with Crippen LogP contribution in [0.4, 0.5) is 5.82 Å². The van der Waals surface area contributed by atoms with Crippen LogP contribution in [-0.2, 0) is 12.8 Å². The van der Waals surface area contributed by atoms with E-state index < -0.39 is 0 Å². The molecule has 16 heavy (non-hydrogen) atoms. The molecule has 0 unspecified atom stereocenters. The summed E-state index contributed by atoms with van der Waals surface area (Å²) in [4.78, 5) is 8.36. The maximum Gasteiger partial charge on any atom is 0.135 e. The number of nitrogens with zero attached hydrogens (tertiary/aromatic N) is 2. The Morgan fingerprint density at radius 1 is 1.06 bits per heavy atom. The Hall–Kier alpha value is -1.90. The molecule has 0 bridgehead atoms. The van der Waals surface area contributed by atoms with E-state index in [4.69, 9.17) is 5.73 Å². The van der Waals surface area contributed by atoms with Gasteiger partial charge < -0.3 is 5.73 Å². The van der Waals surface area contributed by atoms with Crippen molar-refractivity contribution in [2.45, 2.75) is 19.8 Å². The maximum atomic E-state index is 5.61. The molecule has 0 spiro atoms. The van der Waals surface area contributed by atoms with Gasteiger partial charge in [0.1, 0.15) is 11.6 Å². The molecule has 82 valence electrons. The molecule has 0 saturated carbocycles. The van der Waals surface area contributed by atoms with E-state index in [1.807, 2.05) is 0 Å². The van der Waals surface area contributed by atoms with Crippen molar-refractivity contribution >= 4 is 5.82 Å². The second-order valence-corrected chi connectivity index (χ2v) is 3.74.